The predicted octanol–water partition coefficient (Wildman–Crippen LogP) is 3.36. The summed E-state index contributed by atoms with van der Waals surface area (Å²) in [5.74, 6) is 1.68. The summed E-state index contributed by atoms with van der Waals surface area (Å²) in [4.78, 5) is 16.6. The first kappa shape index (κ1) is 15.4. The number of likely N-dealkylation sites (tertiary alicyclic amines) is 1. The van der Waals surface area contributed by atoms with Crippen LogP contribution in [0.3, 0.4) is 0 Å². The zero-order valence-electron chi connectivity index (χ0n) is 13.8. The van der Waals surface area contributed by atoms with E-state index in [1.54, 1.807) is 17.0 Å². The summed E-state index contributed by atoms with van der Waals surface area (Å²) in [5, 5.41) is 0. The monoisotopic (exact) mass is 328 g/mol. The molecule has 0 saturated carbocycles. The number of hydrogen-bond acceptors (Lipinski definition) is 3. The van der Waals surface area contributed by atoms with E-state index >= 15 is 0 Å². The van der Waals surface area contributed by atoms with Gasteiger partial charge in [0.25, 0.3) is 0 Å². The van der Waals surface area contributed by atoms with Crippen LogP contribution in [0.2, 0.25) is 0 Å². The van der Waals surface area contributed by atoms with Crippen molar-refractivity contribution in [1.82, 2.24) is 4.90 Å². The summed E-state index contributed by atoms with van der Waals surface area (Å²) in [5.41, 5.74) is 0.641. The SMILES string of the molecule is Cc1ccc(CN2CC[C@@]3(CC(=O)N(c4cccc(F)c4)C3)C2)o1. The molecule has 126 valence electrons. The average Bonchev–Trinajstić information content (AvgIpc) is 3.21. The molecule has 1 aromatic heterocycles. The van der Waals surface area contributed by atoms with Crippen molar-refractivity contribution in [2.75, 3.05) is 24.5 Å². The molecule has 4 nitrogen and oxygen atoms in total. The van der Waals surface area contributed by atoms with Crippen molar-refractivity contribution in [3.8, 4) is 0 Å². The molecule has 2 saturated heterocycles. The van der Waals surface area contributed by atoms with Crippen molar-refractivity contribution in [2.24, 2.45) is 5.41 Å². The molecule has 2 aromatic rings. The number of furan rings is 1. The Morgan fingerprint density at radius 2 is 2.12 bits per heavy atom. The highest BCUT2D eigenvalue weighted by Crippen LogP contribution is 2.42. The molecule has 4 rings (SSSR count). The number of carbonyl (C=O) groups is 1. The van der Waals surface area contributed by atoms with E-state index < -0.39 is 0 Å². The molecule has 5 heteroatoms. The van der Waals surface area contributed by atoms with Gasteiger partial charge < -0.3 is 9.32 Å². The largest absolute Gasteiger partial charge is 0.465 e. The fraction of sp³-hybridized carbons (Fsp3) is 0.421. The quantitative estimate of drug-likeness (QED) is 0.867. The van der Waals surface area contributed by atoms with Crippen LogP contribution in [0.25, 0.3) is 0 Å². The Morgan fingerprint density at radius 1 is 1.25 bits per heavy atom. The molecule has 0 aliphatic carbocycles. The van der Waals surface area contributed by atoms with Crippen molar-refractivity contribution < 1.29 is 13.6 Å². The number of carbonyl (C=O) groups excluding carboxylic acids is 1. The molecule has 2 aliphatic heterocycles. The van der Waals surface area contributed by atoms with Crippen molar-refractivity contribution in [2.45, 2.75) is 26.3 Å². The van der Waals surface area contributed by atoms with E-state index in [2.05, 4.69) is 4.90 Å². The molecule has 3 heterocycles. The number of aryl methyl sites for hydroxylation is 1. The summed E-state index contributed by atoms with van der Waals surface area (Å²) in [6, 6.07) is 10.3. The fourth-order valence-electron chi connectivity index (χ4n) is 4.00. The van der Waals surface area contributed by atoms with Gasteiger partial charge in [-0.1, -0.05) is 6.07 Å². The number of halogens is 1. The van der Waals surface area contributed by atoms with Crippen LogP contribution in [0, 0.1) is 18.2 Å². The Balaban J connectivity index is 1.46. The molecule has 0 unspecified atom stereocenters. The van der Waals surface area contributed by atoms with Gasteiger partial charge in [-0.25, -0.2) is 4.39 Å². The van der Waals surface area contributed by atoms with Gasteiger partial charge in [-0.2, -0.15) is 0 Å². The maximum absolute atomic E-state index is 13.5. The van der Waals surface area contributed by atoms with Crippen molar-refractivity contribution >= 4 is 11.6 Å². The van der Waals surface area contributed by atoms with Gasteiger partial charge in [-0.3, -0.25) is 9.69 Å². The number of nitrogens with zero attached hydrogens (tertiary/aromatic N) is 2. The number of anilines is 1. The second-order valence-electron chi connectivity index (χ2n) is 7.11. The first-order valence-electron chi connectivity index (χ1n) is 8.37. The zero-order valence-corrected chi connectivity index (χ0v) is 13.8. The van der Waals surface area contributed by atoms with Crippen LogP contribution in [0.5, 0.6) is 0 Å². The lowest BCUT2D eigenvalue weighted by Gasteiger charge is -2.24. The topological polar surface area (TPSA) is 36.7 Å². The van der Waals surface area contributed by atoms with E-state index in [0.717, 1.165) is 37.6 Å². The summed E-state index contributed by atoms with van der Waals surface area (Å²) in [6.45, 7) is 5.24. The van der Waals surface area contributed by atoms with Gasteiger partial charge in [0.05, 0.1) is 6.54 Å². The minimum absolute atomic E-state index is 0.0228. The first-order chi connectivity index (χ1) is 11.5. The Hall–Kier alpha value is -2.14. The lowest BCUT2D eigenvalue weighted by atomic mass is 9.86. The number of rotatable bonds is 3. The normalized spacial score (nSPS) is 24.4. The van der Waals surface area contributed by atoms with Crippen LogP contribution < -0.4 is 4.90 Å². The maximum atomic E-state index is 13.5. The number of amides is 1. The number of benzene rings is 1. The molecule has 0 N–H and O–H groups in total. The molecule has 1 spiro atoms. The molecule has 2 fully saturated rings. The van der Waals surface area contributed by atoms with Crippen LogP contribution in [0.15, 0.2) is 40.8 Å². The Bertz CT molecular complexity index is 772. The Morgan fingerprint density at radius 3 is 2.88 bits per heavy atom. The van der Waals surface area contributed by atoms with Crippen molar-refractivity contribution in [3.05, 3.63) is 53.7 Å². The van der Waals surface area contributed by atoms with E-state index in [1.807, 2.05) is 19.1 Å². The molecule has 24 heavy (non-hydrogen) atoms. The standard InChI is InChI=1S/C19H21FN2O2/c1-14-5-6-17(24-14)11-21-8-7-19(12-21)10-18(23)22(13-19)16-4-2-3-15(20)9-16/h2-6,9H,7-8,10-13H2,1H3/t19-/m1/s1. The lowest BCUT2D eigenvalue weighted by Crippen LogP contribution is -2.31. The van der Waals surface area contributed by atoms with Gasteiger partial charge >= 0.3 is 0 Å². The van der Waals surface area contributed by atoms with Gasteiger partial charge in [0.2, 0.25) is 5.91 Å². The van der Waals surface area contributed by atoms with E-state index in [1.165, 1.54) is 12.1 Å². The minimum atomic E-state index is -0.303. The average molecular weight is 328 g/mol. The molecule has 1 atom stereocenters. The van der Waals surface area contributed by atoms with Crippen LogP contribution in [0.1, 0.15) is 24.4 Å². The molecule has 0 bridgehead atoms. The van der Waals surface area contributed by atoms with Gasteiger partial charge in [0.15, 0.2) is 0 Å². The van der Waals surface area contributed by atoms with E-state index in [9.17, 15) is 9.18 Å². The first-order valence-corrected chi connectivity index (χ1v) is 8.37. The van der Waals surface area contributed by atoms with Gasteiger partial charge in [-0.15, -0.1) is 0 Å². The fourth-order valence-corrected chi connectivity index (χ4v) is 4.00. The van der Waals surface area contributed by atoms with Crippen LogP contribution >= 0.6 is 0 Å². The van der Waals surface area contributed by atoms with Crippen LogP contribution in [0.4, 0.5) is 10.1 Å². The molecule has 1 amide bonds. The Kier molecular flexibility index (Phi) is 3.68. The highest BCUT2D eigenvalue weighted by atomic mass is 19.1. The van der Waals surface area contributed by atoms with Crippen LogP contribution in [-0.4, -0.2) is 30.4 Å². The second-order valence-corrected chi connectivity index (χ2v) is 7.11. The lowest BCUT2D eigenvalue weighted by molar-refractivity contribution is -0.117. The summed E-state index contributed by atoms with van der Waals surface area (Å²) in [7, 11) is 0. The van der Waals surface area contributed by atoms with Crippen molar-refractivity contribution in [3.63, 3.8) is 0 Å². The smallest absolute Gasteiger partial charge is 0.227 e. The highest BCUT2D eigenvalue weighted by Gasteiger charge is 2.47. The Labute approximate surface area is 140 Å². The summed E-state index contributed by atoms with van der Waals surface area (Å²) >= 11 is 0. The molecular formula is C19H21FN2O2. The predicted molar refractivity (Wildman–Crippen MR) is 89.1 cm³/mol. The van der Waals surface area contributed by atoms with E-state index in [0.29, 0.717) is 18.7 Å². The summed E-state index contributed by atoms with van der Waals surface area (Å²) < 4.78 is 19.1. The molecule has 2 aliphatic rings. The third kappa shape index (κ3) is 2.84. The minimum Gasteiger partial charge on any atom is -0.465 e. The number of hydrogen-bond donors (Lipinski definition) is 0. The molecule has 1 aromatic carbocycles. The van der Waals surface area contributed by atoms with Gasteiger partial charge in [0, 0.05) is 30.6 Å². The third-order valence-corrected chi connectivity index (χ3v) is 5.13. The molecule has 0 radical (unpaired) electrons. The van der Waals surface area contributed by atoms with Crippen LogP contribution in [-0.2, 0) is 11.3 Å². The summed E-state index contributed by atoms with van der Waals surface area (Å²) in [6.07, 6.45) is 1.53. The highest BCUT2D eigenvalue weighted by molar-refractivity contribution is 5.96. The third-order valence-electron chi connectivity index (χ3n) is 5.13. The van der Waals surface area contributed by atoms with Crippen molar-refractivity contribution in [1.29, 1.82) is 0 Å². The van der Waals surface area contributed by atoms with E-state index in [4.69, 9.17) is 4.42 Å². The maximum Gasteiger partial charge on any atom is 0.227 e. The second kappa shape index (κ2) is 5.74. The molecular weight excluding hydrogens is 307 g/mol. The van der Waals surface area contributed by atoms with E-state index in [-0.39, 0.29) is 17.1 Å². The van der Waals surface area contributed by atoms with Gasteiger partial charge in [0.1, 0.15) is 17.3 Å². The zero-order chi connectivity index (χ0) is 16.7. The van der Waals surface area contributed by atoms with Gasteiger partial charge in [-0.05, 0) is 50.2 Å².